The number of nitrogens with one attached hydrogen (secondary N) is 1. The van der Waals surface area contributed by atoms with Gasteiger partial charge in [0, 0.05) is 36.3 Å². The molecular weight excluding hydrogens is 317 g/mol. The van der Waals surface area contributed by atoms with Crippen LogP contribution in [0.4, 0.5) is 13.2 Å². The maximum absolute atomic E-state index is 13.5. The number of hydrogen-bond donors (Lipinski definition) is 1. The van der Waals surface area contributed by atoms with Gasteiger partial charge >= 0.3 is 6.18 Å². The first-order valence-electron chi connectivity index (χ1n) is 7.90. The molecular formula is C18H19F3N2O. The molecule has 0 saturated heterocycles. The normalized spacial score (nSPS) is 18.6. The number of rotatable bonds is 4. The van der Waals surface area contributed by atoms with Crippen LogP contribution in [0.5, 0.6) is 5.75 Å². The minimum Gasteiger partial charge on any atom is -0.493 e. The van der Waals surface area contributed by atoms with Crippen molar-refractivity contribution in [1.29, 1.82) is 0 Å². The molecule has 1 aliphatic rings. The van der Waals surface area contributed by atoms with Gasteiger partial charge in [-0.1, -0.05) is 24.3 Å². The Labute approximate surface area is 138 Å². The number of fused-ring (bicyclic) bond motifs is 1. The lowest BCUT2D eigenvalue weighted by atomic mass is 9.98. The van der Waals surface area contributed by atoms with Crippen molar-refractivity contribution in [1.82, 2.24) is 10.3 Å². The quantitative estimate of drug-likeness (QED) is 0.917. The van der Waals surface area contributed by atoms with Gasteiger partial charge in [0.1, 0.15) is 11.8 Å². The minimum absolute atomic E-state index is 0.185. The van der Waals surface area contributed by atoms with E-state index in [9.17, 15) is 13.2 Å². The molecule has 0 spiro atoms. The zero-order chi connectivity index (χ0) is 17.2. The van der Waals surface area contributed by atoms with Gasteiger partial charge in [-0.25, -0.2) is 0 Å². The summed E-state index contributed by atoms with van der Waals surface area (Å²) in [4.78, 5) is 4.10. The molecule has 1 N–H and O–H groups in total. The third-order valence-electron chi connectivity index (χ3n) is 4.27. The van der Waals surface area contributed by atoms with E-state index in [1.54, 1.807) is 25.1 Å². The highest BCUT2D eigenvalue weighted by Gasteiger charge is 2.41. The SMILES string of the molecule is Cc1cccnc1C[C@H](N[C@@H]1CCOc2ccccc21)C(F)(F)F. The summed E-state index contributed by atoms with van der Waals surface area (Å²) in [6.45, 7) is 2.18. The third-order valence-corrected chi connectivity index (χ3v) is 4.27. The van der Waals surface area contributed by atoms with Crippen molar-refractivity contribution in [2.24, 2.45) is 0 Å². The Morgan fingerprint density at radius 1 is 1.25 bits per heavy atom. The highest BCUT2D eigenvalue weighted by atomic mass is 19.4. The molecule has 3 rings (SSSR count). The predicted molar refractivity (Wildman–Crippen MR) is 85.0 cm³/mol. The first-order chi connectivity index (χ1) is 11.4. The molecule has 2 aromatic rings. The van der Waals surface area contributed by atoms with E-state index in [0.29, 0.717) is 24.5 Å². The molecule has 128 valence electrons. The van der Waals surface area contributed by atoms with Crippen LogP contribution >= 0.6 is 0 Å². The zero-order valence-electron chi connectivity index (χ0n) is 13.3. The summed E-state index contributed by atoms with van der Waals surface area (Å²) in [5.41, 5.74) is 2.00. The van der Waals surface area contributed by atoms with Crippen LogP contribution in [0.15, 0.2) is 42.6 Å². The van der Waals surface area contributed by atoms with Gasteiger partial charge in [0.05, 0.1) is 6.61 Å². The van der Waals surface area contributed by atoms with E-state index in [-0.39, 0.29) is 12.5 Å². The van der Waals surface area contributed by atoms with Crippen LogP contribution < -0.4 is 10.1 Å². The number of ether oxygens (including phenoxy) is 1. The summed E-state index contributed by atoms with van der Waals surface area (Å²) in [7, 11) is 0. The number of benzene rings is 1. The first-order valence-corrected chi connectivity index (χ1v) is 7.90. The van der Waals surface area contributed by atoms with Gasteiger partial charge in [-0.15, -0.1) is 0 Å². The minimum atomic E-state index is -4.35. The fourth-order valence-electron chi connectivity index (χ4n) is 2.95. The summed E-state index contributed by atoms with van der Waals surface area (Å²) in [6.07, 6.45) is -2.50. The van der Waals surface area contributed by atoms with Crippen LogP contribution in [0.3, 0.4) is 0 Å². The topological polar surface area (TPSA) is 34.2 Å². The molecule has 24 heavy (non-hydrogen) atoms. The largest absolute Gasteiger partial charge is 0.493 e. The molecule has 0 bridgehead atoms. The lowest BCUT2D eigenvalue weighted by Gasteiger charge is -2.31. The van der Waals surface area contributed by atoms with Crippen molar-refractivity contribution in [3.8, 4) is 5.75 Å². The second-order valence-corrected chi connectivity index (χ2v) is 5.96. The van der Waals surface area contributed by atoms with E-state index in [4.69, 9.17) is 4.74 Å². The van der Waals surface area contributed by atoms with Crippen LogP contribution in [0.2, 0.25) is 0 Å². The van der Waals surface area contributed by atoms with Crippen molar-refractivity contribution < 1.29 is 17.9 Å². The van der Waals surface area contributed by atoms with Crippen molar-refractivity contribution in [3.05, 3.63) is 59.4 Å². The highest BCUT2D eigenvalue weighted by Crippen LogP contribution is 2.34. The van der Waals surface area contributed by atoms with Crippen LogP contribution in [0.25, 0.3) is 0 Å². The molecule has 0 amide bonds. The van der Waals surface area contributed by atoms with Gasteiger partial charge in [0.15, 0.2) is 0 Å². The maximum atomic E-state index is 13.5. The lowest BCUT2D eigenvalue weighted by molar-refractivity contribution is -0.158. The fraction of sp³-hybridized carbons (Fsp3) is 0.389. The van der Waals surface area contributed by atoms with E-state index < -0.39 is 12.2 Å². The molecule has 6 heteroatoms. The average molecular weight is 336 g/mol. The van der Waals surface area contributed by atoms with Crippen molar-refractivity contribution in [2.45, 2.75) is 38.0 Å². The molecule has 2 atom stereocenters. The summed E-state index contributed by atoms with van der Waals surface area (Å²) < 4.78 is 46.2. The Bertz CT molecular complexity index is 703. The Morgan fingerprint density at radius 2 is 2.04 bits per heavy atom. The molecule has 0 radical (unpaired) electrons. The molecule has 0 unspecified atom stereocenters. The van der Waals surface area contributed by atoms with E-state index in [1.807, 2.05) is 18.2 Å². The summed E-state index contributed by atoms with van der Waals surface area (Å²) in [6, 6.07) is 8.70. The molecule has 0 fully saturated rings. The summed E-state index contributed by atoms with van der Waals surface area (Å²) in [5, 5.41) is 2.78. The van der Waals surface area contributed by atoms with Gasteiger partial charge in [-0.2, -0.15) is 13.2 Å². The monoisotopic (exact) mass is 336 g/mol. The van der Waals surface area contributed by atoms with E-state index in [0.717, 1.165) is 11.1 Å². The number of alkyl halides is 3. The molecule has 1 aromatic heterocycles. The number of aromatic nitrogens is 1. The highest BCUT2D eigenvalue weighted by molar-refractivity contribution is 5.37. The number of para-hydroxylation sites is 1. The standard InChI is InChI=1S/C18H19F3N2O/c1-12-5-4-9-22-15(12)11-17(18(19,20)21)23-14-8-10-24-16-7-3-2-6-13(14)16/h2-7,9,14,17,23H,8,10-11H2,1H3/t14-,17+/m1/s1. The molecule has 1 aromatic carbocycles. The second kappa shape index (κ2) is 6.81. The molecule has 0 aliphatic carbocycles. The van der Waals surface area contributed by atoms with Gasteiger partial charge in [-0.05, 0) is 24.6 Å². The van der Waals surface area contributed by atoms with Crippen molar-refractivity contribution in [2.75, 3.05) is 6.61 Å². The zero-order valence-corrected chi connectivity index (χ0v) is 13.3. The van der Waals surface area contributed by atoms with Crippen molar-refractivity contribution >= 4 is 0 Å². The Balaban J connectivity index is 1.83. The number of nitrogens with zero attached hydrogens (tertiary/aromatic N) is 1. The molecule has 1 aliphatic heterocycles. The first kappa shape index (κ1) is 16.8. The number of hydrogen-bond acceptors (Lipinski definition) is 3. The molecule has 3 nitrogen and oxygen atoms in total. The average Bonchev–Trinajstić information content (AvgIpc) is 2.55. The van der Waals surface area contributed by atoms with Gasteiger partial charge in [0.2, 0.25) is 0 Å². The summed E-state index contributed by atoms with van der Waals surface area (Å²) >= 11 is 0. The number of halogens is 3. The number of pyridine rings is 1. The van der Waals surface area contributed by atoms with E-state index in [2.05, 4.69) is 10.3 Å². The van der Waals surface area contributed by atoms with Crippen molar-refractivity contribution in [3.63, 3.8) is 0 Å². The fourth-order valence-corrected chi connectivity index (χ4v) is 2.95. The second-order valence-electron chi connectivity index (χ2n) is 5.96. The van der Waals surface area contributed by atoms with Crippen LogP contribution in [-0.4, -0.2) is 23.8 Å². The smallest absolute Gasteiger partial charge is 0.404 e. The molecule has 2 heterocycles. The Kier molecular flexibility index (Phi) is 4.76. The van der Waals surface area contributed by atoms with E-state index in [1.165, 1.54) is 6.20 Å². The summed E-state index contributed by atoms with van der Waals surface area (Å²) in [5.74, 6) is 0.649. The number of aryl methyl sites for hydroxylation is 1. The van der Waals surface area contributed by atoms with Gasteiger partial charge in [-0.3, -0.25) is 10.3 Å². The van der Waals surface area contributed by atoms with Gasteiger partial charge < -0.3 is 4.74 Å². The third kappa shape index (κ3) is 3.70. The van der Waals surface area contributed by atoms with Gasteiger partial charge in [0.25, 0.3) is 0 Å². The van der Waals surface area contributed by atoms with Crippen LogP contribution in [0.1, 0.15) is 29.3 Å². The van der Waals surface area contributed by atoms with Crippen LogP contribution in [0, 0.1) is 6.92 Å². The maximum Gasteiger partial charge on any atom is 0.404 e. The lowest BCUT2D eigenvalue weighted by Crippen LogP contribution is -2.46. The molecule has 0 saturated carbocycles. The van der Waals surface area contributed by atoms with Crippen LogP contribution in [-0.2, 0) is 6.42 Å². The van der Waals surface area contributed by atoms with E-state index >= 15 is 0 Å². The Hall–Kier alpha value is -2.08. The predicted octanol–water partition coefficient (Wildman–Crippen LogP) is 3.98. The Morgan fingerprint density at radius 3 is 2.79 bits per heavy atom.